The largest absolute Gasteiger partial charge is 0.275 e. The van der Waals surface area contributed by atoms with Gasteiger partial charge < -0.3 is 0 Å². The third kappa shape index (κ3) is 2.88. The molecule has 2 aromatic heterocycles. The highest BCUT2D eigenvalue weighted by atomic mass is 35.5. The molecule has 0 saturated carbocycles. The summed E-state index contributed by atoms with van der Waals surface area (Å²) in [5.41, 5.74) is 5.46. The van der Waals surface area contributed by atoms with Crippen molar-refractivity contribution in [1.29, 1.82) is 0 Å². The summed E-state index contributed by atoms with van der Waals surface area (Å²) in [5.74, 6) is 0. The number of rotatable bonds is 3. The van der Waals surface area contributed by atoms with Crippen molar-refractivity contribution in [1.82, 2.24) is 4.98 Å². The summed E-state index contributed by atoms with van der Waals surface area (Å²) in [5, 5.41) is 8.55. The molecule has 0 aliphatic carbocycles. The number of fused-ring (bicyclic) bond motifs is 1. The van der Waals surface area contributed by atoms with Crippen LogP contribution in [0.15, 0.2) is 47.1 Å². The van der Waals surface area contributed by atoms with Crippen LogP contribution in [-0.4, -0.2) is 10.7 Å². The molecule has 0 aliphatic heterocycles. The van der Waals surface area contributed by atoms with Crippen molar-refractivity contribution in [3.8, 4) is 0 Å². The predicted octanol–water partition coefficient (Wildman–Crippen LogP) is 5.44. The predicted molar refractivity (Wildman–Crippen MR) is 91.9 cm³/mol. The second-order valence-electron chi connectivity index (χ2n) is 4.43. The molecule has 1 aromatic carbocycles. The summed E-state index contributed by atoms with van der Waals surface area (Å²) in [4.78, 5) is 3.91. The van der Waals surface area contributed by atoms with E-state index in [0.29, 0.717) is 15.7 Å². The summed E-state index contributed by atoms with van der Waals surface area (Å²) < 4.78 is 1.24. The molecule has 3 aromatic rings. The number of nitrogens with one attached hydrogen (secondary N) is 1. The molecular weight excluding hydrogens is 325 g/mol. The van der Waals surface area contributed by atoms with E-state index in [0.717, 1.165) is 11.3 Å². The fourth-order valence-corrected chi connectivity index (χ4v) is 3.43. The molecule has 3 nitrogen and oxygen atoms in total. The first-order chi connectivity index (χ1) is 10.2. The summed E-state index contributed by atoms with van der Waals surface area (Å²) in [6.07, 6.45) is 3.06. The zero-order chi connectivity index (χ0) is 14.8. The zero-order valence-electron chi connectivity index (χ0n) is 11.1. The van der Waals surface area contributed by atoms with E-state index in [4.69, 9.17) is 23.2 Å². The second kappa shape index (κ2) is 6.02. The molecule has 0 bridgehead atoms. The number of thiophene rings is 1. The molecule has 1 N–H and O–H groups in total. The van der Waals surface area contributed by atoms with Crippen molar-refractivity contribution in [2.45, 2.75) is 6.92 Å². The van der Waals surface area contributed by atoms with E-state index >= 15 is 0 Å². The Bertz CT molecular complexity index is 806. The number of aromatic nitrogens is 1. The maximum absolute atomic E-state index is 6.06. The minimum Gasteiger partial charge on any atom is -0.275 e. The highest BCUT2D eigenvalue weighted by Crippen LogP contribution is 2.29. The van der Waals surface area contributed by atoms with Crippen LogP contribution in [0.5, 0.6) is 0 Å². The van der Waals surface area contributed by atoms with Crippen molar-refractivity contribution >= 4 is 56.0 Å². The quantitative estimate of drug-likeness (QED) is 0.511. The van der Waals surface area contributed by atoms with Gasteiger partial charge in [-0.25, -0.2) is 0 Å². The van der Waals surface area contributed by atoms with Crippen molar-refractivity contribution in [2.24, 2.45) is 5.10 Å². The molecular formula is C15H11Cl2N3S. The van der Waals surface area contributed by atoms with Crippen LogP contribution < -0.4 is 5.43 Å². The molecule has 0 atom stereocenters. The number of anilines is 1. The lowest BCUT2D eigenvalue weighted by molar-refractivity contribution is 1.27. The average molecular weight is 336 g/mol. The van der Waals surface area contributed by atoms with Gasteiger partial charge in [0.25, 0.3) is 0 Å². The molecule has 0 fully saturated rings. The Labute approximate surface area is 136 Å². The van der Waals surface area contributed by atoms with Crippen molar-refractivity contribution < 1.29 is 0 Å². The van der Waals surface area contributed by atoms with E-state index in [-0.39, 0.29) is 0 Å². The molecule has 6 heteroatoms. The van der Waals surface area contributed by atoms with Crippen LogP contribution >= 0.6 is 34.5 Å². The van der Waals surface area contributed by atoms with Crippen LogP contribution in [0.2, 0.25) is 10.0 Å². The summed E-state index contributed by atoms with van der Waals surface area (Å²) in [6, 6.07) is 8.24. The molecule has 106 valence electrons. The van der Waals surface area contributed by atoms with E-state index in [1.165, 1.54) is 22.5 Å². The molecule has 0 radical (unpaired) electrons. The van der Waals surface area contributed by atoms with Crippen molar-refractivity contribution in [3.05, 3.63) is 57.6 Å². The van der Waals surface area contributed by atoms with E-state index in [1.54, 1.807) is 11.3 Å². The van der Waals surface area contributed by atoms with Gasteiger partial charge in [0.05, 0.1) is 21.4 Å². The number of hydrogen-bond donors (Lipinski definition) is 1. The van der Waals surface area contributed by atoms with E-state index in [1.807, 2.05) is 19.1 Å². The normalized spacial score (nSPS) is 11.9. The Morgan fingerprint density at radius 1 is 1.19 bits per heavy atom. The van der Waals surface area contributed by atoms with Crippen LogP contribution in [0.25, 0.3) is 10.1 Å². The van der Waals surface area contributed by atoms with Gasteiger partial charge in [0.2, 0.25) is 0 Å². The lowest BCUT2D eigenvalue weighted by Crippen LogP contribution is -2.00. The summed E-state index contributed by atoms with van der Waals surface area (Å²) >= 11 is 13.8. The SMILES string of the molecule is C/C(=N/Nc1c(Cl)cncc1Cl)c1csc2ccccc12. The van der Waals surface area contributed by atoms with E-state index in [9.17, 15) is 0 Å². The fraction of sp³-hybridized carbons (Fsp3) is 0.0667. The zero-order valence-corrected chi connectivity index (χ0v) is 13.4. The fourth-order valence-electron chi connectivity index (χ4n) is 1.98. The first-order valence-electron chi connectivity index (χ1n) is 6.22. The van der Waals surface area contributed by atoms with Crippen LogP contribution in [0, 0.1) is 0 Å². The molecule has 0 aliphatic rings. The standard InChI is InChI=1S/C15H11Cl2N3S/c1-9(11-8-21-14-5-3-2-4-10(11)14)19-20-15-12(16)6-18-7-13(15)17/h2-8H,1H3,(H,18,20)/b19-9-. The number of hydrazone groups is 1. The Kier molecular flexibility index (Phi) is 4.10. The molecule has 0 amide bonds. The number of nitrogens with zero attached hydrogens (tertiary/aromatic N) is 2. The number of halogens is 2. The molecule has 2 heterocycles. The third-order valence-corrected chi connectivity index (χ3v) is 4.60. The van der Waals surface area contributed by atoms with Gasteiger partial charge in [-0.2, -0.15) is 5.10 Å². The second-order valence-corrected chi connectivity index (χ2v) is 6.16. The monoisotopic (exact) mass is 335 g/mol. The smallest absolute Gasteiger partial charge is 0.0965 e. The number of pyridine rings is 1. The first kappa shape index (κ1) is 14.3. The number of benzene rings is 1. The van der Waals surface area contributed by atoms with Gasteiger partial charge in [-0.1, -0.05) is 41.4 Å². The van der Waals surface area contributed by atoms with Gasteiger partial charge >= 0.3 is 0 Å². The molecule has 0 spiro atoms. The number of hydrogen-bond acceptors (Lipinski definition) is 4. The summed E-state index contributed by atoms with van der Waals surface area (Å²) in [7, 11) is 0. The minimum atomic E-state index is 0.439. The molecule has 0 unspecified atom stereocenters. The third-order valence-electron chi connectivity index (χ3n) is 3.06. The van der Waals surface area contributed by atoms with Gasteiger partial charge in [-0.3, -0.25) is 10.4 Å². The lowest BCUT2D eigenvalue weighted by atomic mass is 10.1. The Morgan fingerprint density at radius 3 is 2.67 bits per heavy atom. The minimum absolute atomic E-state index is 0.439. The molecule has 0 saturated heterocycles. The molecule has 21 heavy (non-hydrogen) atoms. The lowest BCUT2D eigenvalue weighted by Gasteiger charge is -2.06. The van der Waals surface area contributed by atoms with E-state index < -0.39 is 0 Å². The van der Waals surface area contributed by atoms with Crippen LogP contribution in [0.1, 0.15) is 12.5 Å². The van der Waals surface area contributed by atoms with Gasteiger partial charge in [-0.15, -0.1) is 11.3 Å². The Balaban J connectivity index is 1.93. The maximum atomic E-state index is 6.06. The van der Waals surface area contributed by atoms with Crippen molar-refractivity contribution in [2.75, 3.05) is 5.43 Å². The van der Waals surface area contributed by atoms with Crippen molar-refractivity contribution in [3.63, 3.8) is 0 Å². The highest BCUT2D eigenvalue weighted by molar-refractivity contribution is 7.17. The van der Waals surface area contributed by atoms with Crippen LogP contribution in [-0.2, 0) is 0 Å². The maximum Gasteiger partial charge on any atom is 0.0965 e. The van der Waals surface area contributed by atoms with E-state index in [2.05, 4.69) is 33.0 Å². The first-order valence-corrected chi connectivity index (χ1v) is 7.86. The molecule has 3 rings (SSSR count). The van der Waals surface area contributed by atoms with Gasteiger partial charge in [0, 0.05) is 33.4 Å². The summed E-state index contributed by atoms with van der Waals surface area (Å²) in [6.45, 7) is 1.95. The van der Waals surface area contributed by atoms with Gasteiger partial charge in [0.1, 0.15) is 0 Å². The van der Waals surface area contributed by atoms with Crippen LogP contribution in [0.4, 0.5) is 5.69 Å². The Hall–Kier alpha value is -1.62. The van der Waals surface area contributed by atoms with Crippen LogP contribution in [0.3, 0.4) is 0 Å². The highest BCUT2D eigenvalue weighted by Gasteiger charge is 2.08. The topological polar surface area (TPSA) is 37.3 Å². The average Bonchev–Trinajstić information content (AvgIpc) is 2.90. The van der Waals surface area contributed by atoms with Gasteiger partial charge in [-0.05, 0) is 13.0 Å². The Morgan fingerprint density at radius 2 is 1.90 bits per heavy atom. The van der Waals surface area contributed by atoms with Gasteiger partial charge in [0.15, 0.2) is 0 Å².